The normalized spacial score (nSPS) is 17.0. The number of rotatable bonds is 5. The molecule has 0 saturated carbocycles. The van der Waals surface area contributed by atoms with Gasteiger partial charge in [0, 0.05) is 23.6 Å². The van der Waals surface area contributed by atoms with Crippen LogP contribution < -0.4 is 11.2 Å². The lowest BCUT2D eigenvalue weighted by Gasteiger charge is -2.32. The summed E-state index contributed by atoms with van der Waals surface area (Å²) in [7, 11) is -0.359. The minimum atomic E-state index is -0.648. The summed E-state index contributed by atoms with van der Waals surface area (Å²) in [5.41, 5.74) is 8.65. The van der Waals surface area contributed by atoms with E-state index in [9.17, 15) is 4.79 Å². The topological polar surface area (TPSA) is 97.2 Å². The van der Waals surface area contributed by atoms with E-state index in [1.54, 1.807) is 4.68 Å². The Balaban J connectivity index is 1.34. The van der Waals surface area contributed by atoms with Crippen molar-refractivity contribution in [2.24, 2.45) is 5.73 Å². The van der Waals surface area contributed by atoms with Crippen molar-refractivity contribution in [1.82, 2.24) is 19.3 Å². The predicted octanol–water partition coefficient (Wildman–Crippen LogP) is 2.67. The van der Waals surface area contributed by atoms with Gasteiger partial charge in [0.05, 0.1) is 16.9 Å². The fourth-order valence-corrected chi connectivity index (χ4v) is 3.92. The first-order valence-corrected chi connectivity index (χ1v) is 10.9. The number of nitrogens with zero attached hydrogens (tertiary/aromatic N) is 4. The van der Waals surface area contributed by atoms with Crippen molar-refractivity contribution >= 4 is 29.4 Å². The summed E-state index contributed by atoms with van der Waals surface area (Å²) in [5.74, 6) is -0.651. The van der Waals surface area contributed by atoms with E-state index < -0.39 is 5.91 Å². The number of hydrogen-bond acceptors (Lipinski definition) is 5. The van der Waals surface area contributed by atoms with E-state index >= 15 is 0 Å². The molecule has 1 amide bonds. The highest BCUT2D eigenvalue weighted by Crippen LogP contribution is 2.36. The molecule has 1 saturated heterocycles. The number of carbonyl (C=O) groups is 1. The largest absolute Gasteiger partial charge is 0.494 e. The molecule has 0 radical (unpaired) electrons. The van der Waals surface area contributed by atoms with Crippen molar-refractivity contribution in [3.05, 3.63) is 72.4 Å². The molecule has 9 heteroatoms. The van der Waals surface area contributed by atoms with Crippen LogP contribution in [0.15, 0.2) is 61.1 Å². The fourth-order valence-electron chi connectivity index (χ4n) is 3.92. The first-order valence-electron chi connectivity index (χ1n) is 10.9. The molecule has 4 aromatic rings. The minimum Gasteiger partial charge on any atom is -0.399 e. The zero-order chi connectivity index (χ0) is 23.4. The lowest BCUT2D eigenvalue weighted by Crippen LogP contribution is -2.41. The summed E-state index contributed by atoms with van der Waals surface area (Å²) >= 11 is 0. The van der Waals surface area contributed by atoms with E-state index in [0.717, 1.165) is 28.6 Å². The number of amides is 1. The minimum absolute atomic E-state index is 0.00311. The van der Waals surface area contributed by atoms with Gasteiger partial charge in [-0.3, -0.25) is 4.79 Å². The van der Waals surface area contributed by atoms with Crippen LogP contribution in [0.2, 0.25) is 0 Å². The standard InChI is InChI=1S/C24H26BN5O3/c1-23(2)24(3,4)33-25(32-23)18-7-5-16(6-8-18)14-29-12-11-17-13-19(9-10-20(17)29)30-15-27-22(28-30)21(26)31/h5-13,15H,14H2,1-4H3,(H2,26,31). The van der Waals surface area contributed by atoms with Crippen LogP contribution in [-0.4, -0.2) is 43.6 Å². The molecule has 1 fully saturated rings. The second-order valence-electron chi connectivity index (χ2n) is 9.39. The Bertz CT molecular complexity index is 1320. The summed E-state index contributed by atoms with van der Waals surface area (Å²) in [6.45, 7) is 8.97. The molecular formula is C24H26BN5O3. The molecule has 2 N–H and O–H groups in total. The third-order valence-electron chi connectivity index (χ3n) is 6.59. The van der Waals surface area contributed by atoms with Gasteiger partial charge in [-0.05, 0) is 63.0 Å². The smallest absolute Gasteiger partial charge is 0.399 e. The van der Waals surface area contributed by atoms with Crippen LogP contribution in [0.1, 0.15) is 43.9 Å². The van der Waals surface area contributed by atoms with Crippen LogP contribution in [0.5, 0.6) is 0 Å². The Labute approximate surface area is 192 Å². The molecule has 2 aromatic heterocycles. The van der Waals surface area contributed by atoms with Gasteiger partial charge in [-0.1, -0.05) is 24.3 Å². The number of hydrogen-bond donors (Lipinski definition) is 1. The summed E-state index contributed by atoms with van der Waals surface area (Å²) in [5, 5.41) is 5.19. The van der Waals surface area contributed by atoms with Gasteiger partial charge in [0.2, 0.25) is 5.82 Å². The number of primary amides is 1. The highest BCUT2D eigenvalue weighted by molar-refractivity contribution is 6.62. The summed E-state index contributed by atoms with van der Waals surface area (Å²) < 4.78 is 16.0. The Morgan fingerprint density at radius 2 is 1.73 bits per heavy atom. The zero-order valence-corrected chi connectivity index (χ0v) is 19.1. The van der Waals surface area contributed by atoms with Crippen LogP contribution in [0.3, 0.4) is 0 Å². The van der Waals surface area contributed by atoms with Gasteiger partial charge in [0.15, 0.2) is 0 Å². The molecule has 0 aliphatic carbocycles. The van der Waals surface area contributed by atoms with E-state index in [2.05, 4.69) is 78.9 Å². The van der Waals surface area contributed by atoms with Gasteiger partial charge in [0.25, 0.3) is 5.91 Å². The van der Waals surface area contributed by atoms with E-state index in [0.29, 0.717) is 0 Å². The molecule has 1 aliphatic heterocycles. The third-order valence-corrected chi connectivity index (χ3v) is 6.59. The maximum Gasteiger partial charge on any atom is 0.494 e. The monoisotopic (exact) mass is 443 g/mol. The molecule has 33 heavy (non-hydrogen) atoms. The molecule has 2 aromatic carbocycles. The zero-order valence-electron chi connectivity index (χ0n) is 19.1. The SMILES string of the molecule is CC1(C)OB(c2ccc(Cn3ccc4cc(-n5cnc(C(N)=O)n5)ccc43)cc2)OC1(C)C. The summed E-state index contributed by atoms with van der Waals surface area (Å²) in [4.78, 5) is 15.2. The van der Waals surface area contributed by atoms with Crippen LogP contribution >= 0.6 is 0 Å². The van der Waals surface area contributed by atoms with Gasteiger partial charge >= 0.3 is 7.12 Å². The average Bonchev–Trinajstić information content (AvgIpc) is 3.45. The van der Waals surface area contributed by atoms with Crippen molar-refractivity contribution in [3.63, 3.8) is 0 Å². The first-order chi connectivity index (χ1) is 15.6. The Hall–Kier alpha value is -3.43. The van der Waals surface area contributed by atoms with Gasteiger partial charge < -0.3 is 19.6 Å². The molecule has 8 nitrogen and oxygen atoms in total. The van der Waals surface area contributed by atoms with Crippen molar-refractivity contribution in [1.29, 1.82) is 0 Å². The molecule has 1 aliphatic rings. The Kier molecular flexibility index (Phi) is 4.91. The number of carbonyl (C=O) groups excluding carboxylic acids is 1. The number of nitrogens with two attached hydrogens (primary N) is 1. The molecule has 3 heterocycles. The average molecular weight is 443 g/mol. The highest BCUT2D eigenvalue weighted by Gasteiger charge is 2.51. The first kappa shape index (κ1) is 21.4. The van der Waals surface area contributed by atoms with Crippen molar-refractivity contribution in [3.8, 4) is 5.69 Å². The van der Waals surface area contributed by atoms with E-state index in [1.165, 1.54) is 11.9 Å². The Morgan fingerprint density at radius 1 is 1.03 bits per heavy atom. The summed E-state index contributed by atoms with van der Waals surface area (Å²) in [6.07, 6.45) is 3.55. The maximum absolute atomic E-state index is 11.3. The molecule has 0 unspecified atom stereocenters. The molecular weight excluding hydrogens is 417 g/mol. The number of aromatic nitrogens is 4. The number of fused-ring (bicyclic) bond motifs is 1. The quantitative estimate of drug-likeness (QED) is 0.479. The molecule has 0 atom stereocenters. The van der Waals surface area contributed by atoms with Gasteiger partial charge in [-0.15, -0.1) is 5.10 Å². The maximum atomic E-state index is 11.3. The molecule has 0 spiro atoms. The highest BCUT2D eigenvalue weighted by atomic mass is 16.7. The number of benzene rings is 2. The second kappa shape index (κ2) is 7.57. The molecule has 5 rings (SSSR count). The second-order valence-corrected chi connectivity index (χ2v) is 9.39. The summed E-state index contributed by atoms with van der Waals surface area (Å²) in [6, 6.07) is 16.4. The van der Waals surface area contributed by atoms with Crippen molar-refractivity contribution in [2.75, 3.05) is 0 Å². The van der Waals surface area contributed by atoms with Crippen LogP contribution in [0, 0.1) is 0 Å². The third kappa shape index (κ3) is 3.83. The Morgan fingerprint density at radius 3 is 2.36 bits per heavy atom. The lowest BCUT2D eigenvalue weighted by atomic mass is 9.79. The fraction of sp³-hybridized carbons (Fsp3) is 0.292. The van der Waals surface area contributed by atoms with Crippen molar-refractivity contribution in [2.45, 2.75) is 45.4 Å². The van der Waals surface area contributed by atoms with E-state index in [4.69, 9.17) is 15.0 Å². The van der Waals surface area contributed by atoms with Gasteiger partial charge in [-0.25, -0.2) is 9.67 Å². The van der Waals surface area contributed by atoms with Crippen molar-refractivity contribution < 1.29 is 14.1 Å². The molecule has 168 valence electrons. The molecule has 0 bridgehead atoms. The van der Waals surface area contributed by atoms with Gasteiger partial charge in [0.1, 0.15) is 6.33 Å². The van der Waals surface area contributed by atoms with Crippen LogP contribution in [-0.2, 0) is 15.9 Å². The lowest BCUT2D eigenvalue weighted by molar-refractivity contribution is 0.00578. The van der Waals surface area contributed by atoms with Crippen LogP contribution in [0.4, 0.5) is 0 Å². The predicted molar refractivity (Wildman–Crippen MR) is 127 cm³/mol. The van der Waals surface area contributed by atoms with E-state index in [-0.39, 0.29) is 24.1 Å². The van der Waals surface area contributed by atoms with Gasteiger partial charge in [-0.2, -0.15) is 0 Å². The van der Waals surface area contributed by atoms with Crippen LogP contribution in [0.25, 0.3) is 16.6 Å². The van der Waals surface area contributed by atoms with E-state index in [1.807, 2.05) is 18.2 Å².